The molecule has 0 aliphatic carbocycles. The lowest BCUT2D eigenvalue weighted by Gasteiger charge is -2.35. The van der Waals surface area contributed by atoms with Crippen LogP contribution in [0.4, 0.5) is 0 Å². The summed E-state index contributed by atoms with van der Waals surface area (Å²) in [6.45, 7) is 4.23. The van der Waals surface area contributed by atoms with Crippen molar-refractivity contribution in [3.05, 3.63) is 17.5 Å². The van der Waals surface area contributed by atoms with Gasteiger partial charge in [-0.1, -0.05) is 19.4 Å². The van der Waals surface area contributed by atoms with E-state index < -0.39 is 10.0 Å². The number of sulfonamides is 1. The zero-order valence-corrected chi connectivity index (χ0v) is 13.2. The highest BCUT2D eigenvalue weighted by Crippen LogP contribution is 2.22. The molecule has 7 heteroatoms. The minimum absolute atomic E-state index is 0.0911. The summed E-state index contributed by atoms with van der Waals surface area (Å²) in [5, 5.41) is 10.9. The van der Waals surface area contributed by atoms with E-state index in [-0.39, 0.29) is 6.04 Å². The number of nitrogens with zero attached hydrogens (tertiary/aromatic N) is 3. The van der Waals surface area contributed by atoms with Crippen molar-refractivity contribution in [2.75, 3.05) is 26.2 Å². The molecule has 1 aliphatic rings. The van der Waals surface area contributed by atoms with Crippen molar-refractivity contribution in [1.82, 2.24) is 9.21 Å². The van der Waals surface area contributed by atoms with Gasteiger partial charge in [0.15, 0.2) is 0 Å². The summed E-state index contributed by atoms with van der Waals surface area (Å²) in [5.41, 5.74) is 0. The molecule has 5 nitrogen and oxygen atoms in total. The van der Waals surface area contributed by atoms with E-state index in [1.165, 1.54) is 15.6 Å². The van der Waals surface area contributed by atoms with Gasteiger partial charge in [0.25, 0.3) is 10.0 Å². The number of hydrogen-bond acceptors (Lipinski definition) is 5. The van der Waals surface area contributed by atoms with E-state index in [1.54, 1.807) is 17.5 Å². The number of thiophene rings is 1. The highest BCUT2D eigenvalue weighted by atomic mass is 32.2. The summed E-state index contributed by atoms with van der Waals surface area (Å²) < 4.78 is 26.7. The maximum Gasteiger partial charge on any atom is 0.252 e. The summed E-state index contributed by atoms with van der Waals surface area (Å²) in [6.07, 6.45) is 1.81. The second kappa shape index (κ2) is 6.68. The van der Waals surface area contributed by atoms with Crippen LogP contribution in [0.3, 0.4) is 0 Å². The van der Waals surface area contributed by atoms with E-state index in [4.69, 9.17) is 5.26 Å². The average molecular weight is 313 g/mol. The first-order valence-corrected chi connectivity index (χ1v) is 9.09. The van der Waals surface area contributed by atoms with Crippen molar-refractivity contribution in [2.24, 2.45) is 0 Å². The van der Waals surface area contributed by atoms with Crippen LogP contribution in [0.1, 0.15) is 19.8 Å². The first kappa shape index (κ1) is 15.4. The van der Waals surface area contributed by atoms with Crippen LogP contribution in [0.15, 0.2) is 21.7 Å². The molecule has 1 aromatic rings. The van der Waals surface area contributed by atoms with Crippen LogP contribution < -0.4 is 0 Å². The van der Waals surface area contributed by atoms with Crippen molar-refractivity contribution in [3.8, 4) is 6.07 Å². The molecule has 110 valence electrons. The number of piperazine rings is 1. The Balaban J connectivity index is 2.00. The number of rotatable bonds is 5. The topological polar surface area (TPSA) is 64.4 Å². The SMILES string of the molecule is CCCC(C#N)N1CCN(S(=O)(=O)c2cccs2)CC1. The van der Waals surface area contributed by atoms with Gasteiger partial charge in [-0.2, -0.15) is 9.57 Å². The monoisotopic (exact) mass is 313 g/mol. The van der Waals surface area contributed by atoms with Crippen LogP contribution in [0.5, 0.6) is 0 Å². The maximum atomic E-state index is 12.4. The quantitative estimate of drug-likeness (QED) is 0.830. The summed E-state index contributed by atoms with van der Waals surface area (Å²) in [5.74, 6) is 0. The molecular formula is C13H19N3O2S2. The summed E-state index contributed by atoms with van der Waals surface area (Å²) in [6, 6.07) is 5.61. The number of nitriles is 1. The van der Waals surface area contributed by atoms with Gasteiger partial charge in [0, 0.05) is 26.2 Å². The van der Waals surface area contributed by atoms with Gasteiger partial charge in [-0.15, -0.1) is 11.3 Å². The Labute approximate surface area is 124 Å². The first-order valence-electron chi connectivity index (χ1n) is 6.77. The normalized spacial score (nSPS) is 19.6. The van der Waals surface area contributed by atoms with Crippen LogP contribution in [0.2, 0.25) is 0 Å². The molecule has 0 N–H and O–H groups in total. The lowest BCUT2D eigenvalue weighted by atomic mass is 10.1. The summed E-state index contributed by atoms with van der Waals surface area (Å²) in [7, 11) is -3.34. The molecule has 2 heterocycles. The minimum Gasteiger partial charge on any atom is -0.285 e. The fraction of sp³-hybridized carbons (Fsp3) is 0.615. The molecule has 0 bridgehead atoms. The molecule has 1 saturated heterocycles. The third-order valence-electron chi connectivity index (χ3n) is 3.51. The lowest BCUT2D eigenvalue weighted by Crippen LogP contribution is -2.51. The van der Waals surface area contributed by atoms with Gasteiger partial charge in [0.05, 0.1) is 12.1 Å². The predicted molar refractivity (Wildman–Crippen MR) is 79.0 cm³/mol. The molecule has 0 radical (unpaired) electrons. The van der Waals surface area contributed by atoms with Gasteiger partial charge in [0.1, 0.15) is 4.21 Å². The fourth-order valence-corrected chi connectivity index (χ4v) is 4.96. The molecule has 1 unspecified atom stereocenters. The largest absolute Gasteiger partial charge is 0.285 e. The second-order valence-electron chi connectivity index (χ2n) is 4.81. The molecule has 0 spiro atoms. The van der Waals surface area contributed by atoms with Gasteiger partial charge < -0.3 is 0 Å². The molecule has 20 heavy (non-hydrogen) atoms. The molecule has 0 saturated carbocycles. The predicted octanol–water partition coefficient (Wildman–Crippen LogP) is 1.75. The van der Waals surface area contributed by atoms with E-state index in [2.05, 4.69) is 17.9 Å². The molecule has 0 amide bonds. The van der Waals surface area contributed by atoms with Crippen molar-refractivity contribution < 1.29 is 8.42 Å². The Kier molecular flexibility index (Phi) is 5.16. The van der Waals surface area contributed by atoms with Gasteiger partial charge in [-0.05, 0) is 17.9 Å². The molecule has 1 aliphatic heterocycles. The third-order valence-corrected chi connectivity index (χ3v) is 6.79. The van der Waals surface area contributed by atoms with Gasteiger partial charge in [-0.3, -0.25) is 4.90 Å². The van der Waals surface area contributed by atoms with Crippen LogP contribution in [0, 0.1) is 11.3 Å². The van der Waals surface area contributed by atoms with E-state index >= 15 is 0 Å². The molecule has 1 aromatic heterocycles. The zero-order chi connectivity index (χ0) is 14.6. The Hall–Kier alpha value is -0.940. The van der Waals surface area contributed by atoms with Crippen molar-refractivity contribution in [3.63, 3.8) is 0 Å². The molecule has 0 aromatic carbocycles. The van der Waals surface area contributed by atoms with Crippen LogP contribution in [-0.4, -0.2) is 49.8 Å². The number of hydrogen-bond donors (Lipinski definition) is 0. The molecule has 1 atom stereocenters. The molecule has 1 fully saturated rings. The third kappa shape index (κ3) is 3.20. The molecule has 2 rings (SSSR count). The Morgan fingerprint density at radius 2 is 2.10 bits per heavy atom. The van der Waals surface area contributed by atoms with Gasteiger partial charge in [-0.25, -0.2) is 8.42 Å². The minimum atomic E-state index is -3.34. The van der Waals surface area contributed by atoms with Gasteiger partial charge >= 0.3 is 0 Å². The Morgan fingerprint density at radius 3 is 2.60 bits per heavy atom. The van der Waals surface area contributed by atoms with E-state index in [1.807, 2.05) is 0 Å². The smallest absolute Gasteiger partial charge is 0.252 e. The van der Waals surface area contributed by atoms with E-state index in [9.17, 15) is 8.42 Å². The Bertz CT molecular complexity index is 555. The van der Waals surface area contributed by atoms with Crippen molar-refractivity contribution in [2.45, 2.75) is 30.0 Å². The van der Waals surface area contributed by atoms with Crippen LogP contribution >= 0.6 is 11.3 Å². The van der Waals surface area contributed by atoms with E-state index in [0.29, 0.717) is 30.4 Å². The van der Waals surface area contributed by atoms with Crippen molar-refractivity contribution >= 4 is 21.4 Å². The van der Waals surface area contributed by atoms with Crippen LogP contribution in [0.25, 0.3) is 0 Å². The van der Waals surface area contributed by atoms with E-state index in [0.717, 1.165) is 12.8 Å². The van der Waals surface area contributed by atoms with Crippen molar-refractivity contribution in [1.29, 1.82) is 5.26 Å². The van der Waals surface area contributed by atoms with Crippen LogP contribution in [-0.2, 0) is 10.0 Å². The average Bonchev–Trinajstić information content (AvgIpc) is 3.00. The summed E-state index contributed by atoms with van der Waals surface area (Å²) in [4.78, 5) is 2.09. The lowest BCUT2D eigenvalue weighted by molar-refractivity contribution is 0.156. The molecular weight excluding hydrogens is 294 g/mol. The zero-order valence-electron chi connectivity index (χ0n) is 11.5. The first-order chi connectivity index (χ1) is 9.59. The fourth-order valence-electron chi connectivity index (χ4n) is 2.40. The summed E-state index contributed by atoms with van der Waals surface area (Å²) >= 11 is 1.25. The standard InChI is InChI=1S/C13H19N3O2S2/c1-2-4-12(11-14)15-6-8-16(9-7-15)20(17,18)13-5-3-10-19-13/h3,5,10,12H,2,4,6-9H2,1H3. The highest BCUT2D eigenvalue weighted by Gasteiger charge is 2.31. The Morgan fingerprint density at radius 1 is 1.40 bits per heavy atom. The van der Waals surface area contributed by atoms with Gasteiger partial charge in [0.2, 0.25) is 0 Å². The highest BCUT2D eigenvalue weighted by molar-refractivity contribution is 7.91. The maximum absolute atomic E-state index is 12.4. The second-order valence-corrected chi connectivity index (χ2v) is 7.92.